The maximum absolute atomic E-state index is 11.5. The molecule has 0 heterocycles. The maximum Gasteiger partial charge on any atom is 0.405 e. The van der Waals surface area contributed by atoms with Crippen LogP contribution in [0.25, 0.3) is 0 Å². The van der Waals surface area contributed by atoms with Crippen molar-refractivity contribution in [1.82, 2.24) is 5.32 Å². The van der Waals surface area contributed by atoms with Crippen molar-refractivity contribution in [3.05, 3.63) is 59.7 Å². The van der Waals surface area contributed by atoms with Crippen molar-refractivity contribution >= 4 is 6.09 Å². The number of hydrogen-bond acceptors (Lipinski definition) is 4. The van der Waals surface area contributed by atoms with Crippen LogP contribution in [0.1, 0.15) is 44.7 Å². The minimum absolute atomic E-state index is 0.0172. The molecule has 0 bridgehead atoms. The van der Waals surface area contributed by atoms with Crippen molar-refractivity contribution in [3.8, 4) is 11.5 Å². The minimum atomic E-state index is -0.982. The molecule has 1 aliphatic carbocycles. The number of carboxylic acid groups (broad SMARTS) is 1. The summed E-state index contributed by atoms with van der Waals surface area (Å²) in [6.45, 7) is 8.11. The fraction of sp³-hybridized carbons (Fsp3) is 0.500. The Morgan fingerprint density at radius 3 is 2.34 bits per heavy atom. The fourth-order valence-electron chi connectivity index (χ4n) is 4.43. The van der Waals surface area contributed by atoms with Gasteiger partial charge in [-0.15, -0.1) is 0 Å². The first-order chi connectivity index (χ1) is 15.2. The molecule has 2 aromatic rings. The third-order valence-corrected chi connectivity index (χ3v) is 5.95. The zero-order valence-electron chi connectivity index (χ0n) is 19.5. The Hall–Kier alpha value is -2.73. The van der Waals surface area contributed by atoms with Crippen LogP contribution >= 0.6 is 0 Å². The molecule has 2 N–H and O–H groups in total. The number of methoxy groups -OCH3 is 1. The van der Waals surface area contributed by atoms with E-state index in [4.69, 9.17) is 14.2 Å². The van der Waals surface area contributed by atoms with E-state index in [2.05, 4.69) is 26.1 Å². The van der Waals surface area contributed by atoms with Gasteiger partial charge in [0.1, 0.15) is 18.1 Å². The molecule has 2 atom stereocenters. The lowest BCUT2D eigenvalue weighted by atomic mass is 9.85. The Balaban J connectivity index is 1.80. The summed E-state index contributed by atoms with van der Waals surface area (Å²) in [5.74, 6) is 1.71. The van der Waals surface area contributed by atoms with E-state index in [0.717, 1.165) is 29.7 Å². The van der Waals surface area contributed by atoms with Crippen LogP contribution in [0.2, 0.25) is 0 Å². The van der Waals surface area contributed by atoms with Crippen LogP contribution in [0.15, 0.2) is 48.5 Å². The second-order valence-electron chi connectivity index (χ2n) is 9.67. The highest BCUT2D eigenvalue weighted by Crippen LogP contribution is 2.55. The van der Waals surface area contributed by atoms with Crippen LogP contribution in [0.5, 0.6) is 11.5 Å². The van der Waals surface area contributed by atoms with E-state index >= 15 is 0 Å². The topological polar surface area (TPSA) is 77.0 Å². The molecular formula is C26H35NO5. The predicted molar refractivity (Wildman–Crippen MR) is 124 cm³/mol. The van der Waals surface area contributed by atoms with Gasteiger partial charge in [-0.1, -0.05) is 51.1 Å². The van der Waals surface area contributed by atoms with Crippen LogP contribution in [-0.4, -0.2) is 37.1 Å². The van der Waals surface area contributed by atoms with Crippen molar-refractivity contribution in [2.24, 2.45) is 11.3 Å². The monoisotopic (exact) mass is 441 g/mol. The SMILES string of the molecule is COCCCOc1cc(CC2(NC(=O)O)CC2C(C)(C)C)cc(OCc2ccccc2)c1. The van der Waals surface area contributed by atoms with Gasteiger partial charge < -0.3 is 24.6 Å². The first kappa shape index (κ1) is 23.9. The van der Waals surface area contributed by atoms with Crippen LogP contribution in [0, 0.1) is 11.3 Å². The molecular weight excluding hydrogens is 406 g/mol. The zero-order valence-corrected chi connectivity index (χ0v) is 19.5. The highest BCUT2D eigenvalue weighted by atomic mass is 16.5. The standard InChI is InChI=1S/C26H35NO5/c1-25(2,3)23-17-26(23,27-24(28)29)16-20-13-21(31-12-8-11-30-4)15-22(14-20)32-18-19-9-6-5-7-10-19/h5-7,9-10,13-15,23,27H,8,11-12,16-18H2,1-4H3,(H,28,29). The summed E-state index contributed by atoms with van der Waals surface area (Å²) in [5.41, 5.74) is 1.64. The number of amides is 1. The normalized spacial score (nSPS) is 19.9. The zero-order chi connectivity index (χ0) is 23.2. The number of carbonyl (C=O) groups is 1. The molecule has 0 aromatic heterocycles. The van der Waals surface area contributed by atoms with Crippen molar-refractivity contribution in [2.75, 3.05) is 20.3 Å². The first-order valence-corrected chi connectivity index (χ1v) is 11.2. The average molecular weight is 442 g/mol. The number of benzene rings is 2. The Kier molecular flexibility index (Phi) is 7.67. The van der Waals surface area contributed by atoms with Gasteiger partial charge in [-0.05, 0) is 47.4 Å². The van der Waals surface area contributed by atoms with Gasteiger partial charge in [0.15, 0.2) is 0 Å². The Bertz CT molecular complexity index is 893. The lowest BCUT2D eigenvalue weighted by Gasteiger charge is -2.25. The molecule has 6 nitrogen and oxygen atoms in total. The summed E-state index contributed by atoms with van der Waals surface area (Å²) in [6, 6.07) is 15.9. The van der Waals surface area contributed by atoms with Gasteiger partial charge in [-0.25, -0.2) is 4.79 Å². The third-order valence-electron chi connectivity index (χ3n) is 5.95. The van der Waals surface area contributed by atoms with E-state index in [-0.39, 0.29) is 11.3 Å². The minimum Gasteiger partial charge on any atom is -0.493 e. The predicted octanol–water partition coefficient (Wildman–Crippen LogP) is 5.30. The van der Waals surface area contributed by atoms with Gasteiger partial charge in [0.25, 0.3) is 0 Å². The number of hydrogen-bond donors (Lipinski definition) is 2. The molecule has 1 fully saturated rings. The summed E-state index contributed by atoms with van der Waals surface area (Å²) in [6.07, 6.45) is 1.22. The molecule has 0 saturated heterocycles. The van der Waals surface area contributed by atoms with Crippen molar-refractivity contribution < 1.29 is 24.1 Å². The number of nitrogens with one attached hydrogen (secondary N) is 1. The molecule has 0 radical (unpaired) electrons. The van der Waals surface area contributed by atoms with E-state index in [9.17, 15) is 9.90 Å². The van der Waals surface area contributed by atoms with Crippen LogP contribution in [-0.2, 0) is 17.8 Å². The third kappa shape index (κ3) is 6.63. The lowest BCUT2D eigenvalue weighted by Crippen LogP contribution is -2.41. The van der Waals surface area contributed by atoms with Gasteiger partial charge in [0.2, 0.25) is 0 Å². The number of rotatable bonds is 11. The quantitative estimate of drug-likeness (QED) is 0.463. The largest absolute Gasteiger partial charge is 0.493 e. The molecule has 32 heavy (non-hydrogen) atoms. The molecule has 0 aliphatic heterocycles. The molecule has 6 heteroatoms. The van der Waals surface area contributed by atoms with Crippen molar-refractivity contribution in [1.29, 1.82) is 0 Å². The van der Waals surface area contributed by atoms with Gasteiger partial charge in [0.05, 0.1) is 12.1 Å². The molecule has 3 rings (SSSR count). The highest BCUT2D eigenvalue weighted by molar-refractivity contribution is 5.67. The van der Waals surface area contributed by atoms with Gasteiger partial charge in [0, 0.05) is 26.2 Å². The van der Waals surface area contributed by atoms with Gasteiger partial charge in [-0.3, -0.25) is 0 Å². The van der Waals surface area contributed by atoms with E-state index in [1.54, 1.807) is 7.11 Å². The summed E-state index contributed by atoms with van der Waals surface area (Å²) in [4.78, 5) is 11.5. The molecule has 174 valence electrons. The Morgan fingerprint density at radius 1 is 1.06 bits per heavy atom. The van der Waals surface area contributed by atoms with Crippen LogP contribution in [0.4, 0.5) is 4.79 Å². The number of ether oxygens (including phenoxy) is 3. The molecule has 1 amide bonds. The second kappa shape index (κ2) is 10.3. The van der Waals surface area contributed by atoms with Crippen LogP contribution < -0.4 is 14.8 Å². The van der Waals surface area contributed by atoms with Gasteiger partial charge >= 0.3 is 6.09 Å². The maximum atomic E-state index is 11.5. The average Bonchev–Trinajstić information content (AvgIpc) is 3.43. The summed E-state index contributed by atoms with van der Waals surface area (Å²) < 4.78 is 17.1. The fourth-order valence-corrected chi connectivity index (χ4v) is 4.43. The second-order valence-corrected chi connectivity index (χ2v) is 9.67. The molecule has 1 aliphatic rings. The van der Waals surface area contributed by atoms with Crippen molar-refractivity contribution in [3.63, 3.8) is 0 Å². The highest BCUT2D eigenvalue weighted by Gasteiger charge is 2.59. The first-order valence-electron chi connectivity index (χ1n) is 11.2. The lowest BCUT2D eigenvalue weighted by molar-refractivity contribution is 0.172. The molecule has 2 unspecified atom stereocenters. The van der Waals surface area contributed by atoms with E-state index in [0.29, 0.717) is 32.0 Å². The molecule has 1 saturated carbocycles. The van der Waals surface area contributed by atoms with Gasteiger partial charge in [-0.2, -0.15) is 0 Å². The Morgan fingerprint density at radius 2 is 1.75 bits per heavy atom. The van der Waals surface area contributed by atoms with Crippen molar-refractivity contribution in [2.45, 2.75) is 52.2 Å². The van der Waals surface area contributed by atoms with Crippen LogP contribution in [0.3, 0.4) is 0 Å². The summed E-state index contributed by atoms with van der Waals surface area (Å²) >= 11 is 0. The van der Waals surface area contributed by atoms with E-state index < -0.39 is 11.6 Å². The molecule has 2 aromatic carbocycles. The van der Waals surface area contributed by atoms with E-state index in [1.807, 2.05) is 48.5 Å². The van der Waals surface area contributed by atoms with E-state index in [1.165, 1.54) is 0 Å². The Labute approximate surface area is 190 Å². The smallest absolute Gasteiger partial charge is 0.405 e. The molecule has 0 spiro atoms. The summed E-state index contributed by atoms with van der Waals surface area (Å²) in [7, 11) is 1.67. The summed E-state index contributed by atoms with van der Waals surface area (Å²) in [5, 5.41) is 12.3.